The number of nitrogens with one attached hydrogen (secondary N) is 1. The molecule has 21 heavy (non-hydrogen) atoms. The zero-order chi connectivity index (χ0) is 14.7. The van der Waals surface area contributed by atoms with E-state index in [9.17, 15) is 0 Å². The van der Waals surface area contributed by atoms with Gasteiger partial charge >= 0.3 is 0 Å². The Morgan fingerprint density at radius 1 is 1.38 bits per heavy atom. The van der Waals surface area contributed by atoms with Gasteiger partial charge in [-0.25, -0.2) is 0 Å². The summed E-state index contributed by atoms with van der Waals surface area (Å²) in [6.07, 6.45) is 6.11. The summed E-state index contributed by atoms with van der Waals surface area (Å²) in [4.78, 5) is 0. The second-order valence-corrected chi connectivity index (χ2v) is 8.07. The minimum absolute atomic E-state index is 0.297. The van der Waals surface area contributed by atoms with E-state index in [-0.39, 0.29) is 0 Å². The van der Waals surface area contributed by atoms with Gasteiger partial charge in [0.2, 0.25) is 0 Å². The average molecular weight is 305 g/mol. The van der Waals surface area contributed by atoms with Crippen molar-refractivity contribution in [2.45, 2.75) is 56.7 Å². The topological polar surface area (TPSA) is 21.3 Å². The first-order valence-electron chi connectivity index (χ1n) is 8.36. The minimum Gasteiger partial charge on any atom is -0.493 e. The lowest BCUT2D eigenvalue weighted by Crippen LogP contribution is -2.38. The van der Waals surface area contributed by atoms with Crippen molar-refractivity contribution in [3.63, 3.8) is 0 Å². The van der Waals surface area contributed by atoms with E-state index in [1.165, 1.54) is 41.9 Å². The van der Waals surface area contributed by atoms with Crippen molar-refractivity contribution in [3.05, 3.63) is 29.3 Å². The van der Waals surface area contributed by atoms with Gasteiger partial charge in [0.15, 0.2) is 0 Å². The predicted molar refractivity (Wildman–Crippen MR) is 91.4 cm³/mol. The number of aryl methyl sites for hydroxylation is 1. The van der Waals surface area contributed by atoms with Crippen LogP contribution in [0.15, 0.2) is 18.2 Å². The highest BCUT2D eigenvalue weighted by Gasteiger charge is 2.40. The molecule has 1 aromatic rings. The fourth-order valence-corrected chi connectivity index (χ4v) is 5.03. The average Bonchev–Trinajstić information content (AvgIpc) is 2.95. The van der Waals surface area contributed by atoms with Gasteiger partial charge in [-0.2, -0.15) is 11.8 Å². The molecule has 2 heterocycles. The smallest absolute Gasteiger partial charge is 0.127 e. The SMILES string of the molecule is CCCNC(c1cccc2c1OCCC2)C1(C)CCCS1. The molecule has 2 aliphatic heterocycles. The normalized spacial score (nSPS) is 26.2. The molecule has 3 heteroatoms. The van der Waals surface area contributed by atoms with Crippen molar-refractivity contribution in [1.82, 2.24) is 5.32 Å². The van der Waals surface area contributed by atoms with Crippen LogP contribution in [0, 0.1) is 0 Å². The zero-order valence-corrected chi connectivity index (χ0v) is 14.1. The number of hydrogen-bond acceptors (Lipinski definition) is 3. The van der Waals surface area contributed by atoms with E-state index < -0.39 is 0 Å². The van der Waals surface area contributed by atoms with Crippen LogP contribution in [-0.4, -0.2) is 23.7 Å². The Balaban J connectivity index is 1.96. The van der Waals surface area contributed by atoms with Crippen LogP contribution >= 0.6 is 11.8 Å². The predicted octanol–water partition coefficient (Wildman–Crippen LogP) is 4.34. The summed E-state index contributed by atoms with van der Waals surface area (Å²) < 4.78 is 6.37. The van der Waals surface area contributed by atoms with Gasteiger partial charge in [0.25, 0.3) is 0 Å². The van der Waals surface area contributed by atoms with Crippen LogP contribution < -0.4 is 10.1 Å². The van der Waals surface area contributed by atoms with Crippen LogP contribution in [0.5, 0.6) is 5.75 Å². The molecule has 0 radical (unpaired) electrons. The van der Waals surface area contributed by atoms with E-state index in [0.717, 1.165) is 26.0 Å². The second kappa shape index (κ2) is 6.62. The Bertz CT molecular complexity index is 482. The fraction of sp³-hybridized carbons (Fsp3) is 0.667. The monoisotopic (exact) mass is 305 g/mol. The zero-order valence-electron chi connectivity index (χ0n) is 13.3. The number of benzene rings is 1. The number of thioether (sulfide) groups is 1. The largest absolute Gasteiger partial charge is 0.493 e. The van der Waals surface area contributed by atoms with Gasteiger partial charge in [0.05, 0.1) is 12.6 Å². The summed E-state index contributed by atoms with van der Waals surface area (Å²) in [5.74, 6) is 2.46. The third kappa shape index (κ3) is 3.09. The van der Waals surface area contributed by atoms with E-state index in [1.807, 2.05) is 0 Å². The number of para-hydroxylation sites is 1. The third-order valence-electron chi connectivity index (χ3n) is 4.73. The van der Waals surface area contributed by atoms with Crippen LogP contribution in [0.25, 0.3) is 0 Å². The summed E-state index contributed by atoms with van der Waals surface area (Å²) in [5.41, 5.74) is 2.78. The van der Waals surface area contributed by atoms with E-state index in [0.29, 0.717) is 10.8 Å². The molecule has 2 aliphatic rings. The standard InChI is InChI=1S/C18H27NOS/c1-3-11-19-17(18(2)10-6-13-21-18)15-9-4-7-14-8-5-12-20-16(14)15/h4,7,9,17,19H,3,5-6,8,10-13H2,1-2H3. The van der Waals surface area contributed by atoms with E-state index in [1.54, 1.807) is 0 Å². The lowest BCUT2D eigenvalue weighted by atomic mass is 9.87. The Morgan fingerprint density at radius 2 is 2.29 bits per heavy atom. The van der Waals surface area contributed by atoms with Gasteiger partial charge < -0.3 is 10.1 Å². The molecule has 0 spiro atoms. The molecule has 2 unspecified atom stereocenters. The maximum Gasteiger partial charge on any atom is 0.127 e. The van der Waals surface area contributed by atoms with E-state index in [4.69, 9.17) is 4.74 Å². The highest BCUT2D eigenvalue weighted by molar-refractivity contribution is 8.00. The molecule has 0 saturated carbocycles. The maximum atomic E-state index is 6.07. The molecular weight excluding hydrogens is 278 g/mol. The summed E-state index contributed by atoms with van der Waals surface area (Å²) in [5, 5.41) is 3.82. The highest BCUT2D eigenvalue weighted by atomic mass is 32.2. The number of fused-ring (bicyclic) bond motifs is 1. The molecule has 1 saturated heterocycles. The molecule has 0 aliphatic carbocycles. The van der Waals surface area contributed by atoms with Crippen LogP contribution in [0.1, 0.15) is 56.7 Å². The molecular formula is C18H27NOS. The van der Waals surface area contributed by atoms with Crippen molar-refractivity contribution in [1.29, 1.82) is 0 Å². The third-order valence-corrected chi connectivity index (χ3v) is 6.33. The lowest BCUT2D eigenvalue weighted by Gasteiger charge is -2.36. The Kier molecular flexibility index (Phi) is 4.80. The van der Waals surface area contributed by atoms with Gasteiger partial charge in [-0.1, -0.05) is 25.1 Å². The molecule has 3 rings (SSSR count). The van der Waals surface area contributed by atoms with Gasteiger partial charge in [0.1, 0.15) is 5.75 Å². The van der Waals surface area contributed by atoms with Crippen LogP contribution in [0.2, 0.25) is 0 Å². The van der Waals surface area contributed by atoms with E-state index in [2.05, 4.69) is 49.1 Å². The van der Waals surface area contributed by atoms with Gasteiger partial charge in [-0.15, -0.1) is 0 Å². The molecule has 1 fully saturated rings. The summed E-state index contributed by atoms with van der Waals surface area (Å²) in [6.45, 7) is 6.62. The van der Waals surface area contributed by atoms with Gasteiger partial charge in [-0.05, 0) is 56.9 Å². The molecule has 1 N–H and O–H groups in total. The van der Waals surface area contributed by atoms with Gasteiger partial charge in [-0.3, -0.25) is 0 Å². The van der Waals surface area contributed by atoms with Gasteiger partial charge in [0, 0.05) is 10.3 Å². The first-order valence-corrected chi connectivity index (χ1v) is 9.35. The van der Waals surface area contributed by atoms with Crippen molar-refractivity contribution in [3.8, 4) is 5.75 Å². The molecule has 0 bridgehead atoms. The van der Waals surface area contributed by atoms with Crippen LogP contribution in [0.3, 0.4) is 0 Å². The quantitative estimate of drug-likeness (QED) is 0.874. The Morgan fingerprint density at radius 3 is 3.05 bits per heavy atom. The van der Waals surface area contributed by atoms with Crippen molar-refractivity contribution >= 4 is 11.8 Å². The molecule has 0 amide bonds. The fourth-order valence-electron chi connectivity index (χ4n) is 3.61. The maximum absolute atomic E-state index is 6.07. The van der Waals surface area contributed by atoms with E-state index >= 15 is 0 Å². The minimum atomic E-state index is 0.297. The van der Waals surface area contributed by atoms with Crippen molar-refractivity contribution < 1.29 is 4.74 Å². The van der Waals surface area contributed by atoms with Crippen molar-refractivity contribution in [2.24, 2.45) is 0 Å². The molecule has 1 aromatic carbocycles. The number of rotatable bonds is 5. The molecule has 116 valence electrons. The highest BCUT2D eigenvalue weighted by Crippen LogP contribution is 2.49. The molecule has 2 atom stereocenters. The molecule has 2 nitrogen and oxygen atoms in total. The summed E-state index contributed by atoms with van der Waals surface area (Å²) in [7, 11) is 0. The van der Waals surface area contributed by atoms with Crippen molar-refractivity contribution in [2.75, 3.05) is 18.9 Å². The lowest BCUT2D eigenvalue weighted by molar-refractivity contribution is 0.277. The Labute approximate surface area is 133 Å². The van der Waals surface area contributed by atoms with Crippen LogP contribution in [-0.2, 0) is 6.42 Å². The first kappa shape index (κ1) is 15.2. The number of hydrogen-bond donors (Lipinski definition) is 1. The molecule has 0 aromatic heterocycles. The summed E-state index contributed by atoms with van der Waals surface area (Å²) in [6, 6.07) is 7.13. The number of ether oxygens (including phenoxy) is 1. The van der Waals surface area contributed by atoms with Crippen LogP contribution in [0.4, 0.5) is 0 Å². The first-order chi connectivity index (χ1) is 10.2. The summed E-state index contributed by atoms with van der Waals surface area (Å²) >= 11 is 2.13. The second-order valence-electron chi connectivity index (χ2n) is 6.44. The Hall–Kier alpha value is -0.670.